The van der Waals surface area contributed by atoms with Crippen LogP contribution in [0.3, 0.4) is 0 Å². The van der Waals surface area contributed by atoms with Crippen molar-refractivity contribution in [2.45, 2.75) is 23.4 Å². The number of hydroxylamine groups is 1. The van der Waals surface area contributed by atoms with Gasteiger partial charge in [-0.05, 0) is 70.9 Å². The normalized spacial score (nSPS) is 11.1. The highest BCUT2D eigenvalue weighted by molar-refractivity contribution is 9.10. The summed E-state index contributed by atoms with van der Waals surface area (Å²) >= 11 is 3.41. The summed E-state index contributed by atoms with van der Waals surface area (Å²) in [6.07, 6.45) is 1.41. The molecule has 0 bridgehead atoms. The van der Waals surface area contributed by atoms with Crippen LogP contribution >= 0.6 is 15.9 Å². The van der Waals surface area contributed by atoms with E-state index in [9.17, 15) is 13.2 Å². The van der Waals surface area contributed by atoms with Crippen LogP contribution < -0.4 is 15.5 Å². The van der Waals surface area contributed by atoms with Crippen molar-refractivity contribution in [2.75, 3.05) is 12.4 Å². The maximum absolute atomic E-state index is 13.2. The van der Waals surface area contributed by atoms with Gasteiger partial charge in [0.1, 0.15) is 5.75 Å². The van der Waals surface area contributed by atoms with E-state index in [0.29, 0.717) is 21.5 Å². The van der Waals surface area contributed by atoms with Gasteiger partial charge in [-0.1, -0.05) is 6.07 Å². The molecule has 31 heavy (non-hydrogen) atoms. The van der Waals surface area contributed by atoms with Crippen molar-refractivity contribution in [1.29, 1.82) is 0 Å². The van der Waals surface area contributed by atoms with Gasteiger partial charge in [0.2, 0.25) is 9.84 Å². The molecule has 0 atom stereocenters. The van der Waals surface area contributed by atoms with Crippen LogP contribution in [0.4, 0.5) is 5.69 Å². The fourth-order valence-corrected chi connectivity index (χ4v) is 5.13. The Morgan fingerprint density at radius 1 is 1.19 bits per heavy atom. The number of nitrogens with one attached hydrogen (secondary N) is 2. The van der Waals surface area contributed by atoms with E-state index in [-0.39, 0.29) is 22.0 Å². The molecular formula is C21H20BrN3O5S. The van der Waals surface area contributed by atoms with E-state index < -0.39 is 15.7 Å². The van der Waals surface area contributed by atoms with Gasteiger partial charge < -0.3 is 10.1 Å². The third-order valence-electron chi connectivity index (χ3n) is 4.51. The lowest BCUT2D eigenvalue weighted by Gasteiger charge is -2.16. The largest absolute Gasteiger partial charge is 0.497 e. The van der Waals surface area contributed by atoms with E-state index in [1.54, 1.807) is 41.9 Å². The van der Waals surface area contributed by atoms with Crippen molar-refractivity contribution in [2.24, 2.45) is 0 Å². The number of benzene rings is 2. The van der Waals surface area contributed by atoms with Crippen LogP contribution in [0.2, 0.25) is 0 Å². The summed E-state index contributed by atoms with van der Waals surface area (Å²) in [5.41, 5.74) is 3.46. The highest BCUT2D eigenvalue weighted by Gasteiger charge is 2.23. The molecule has 1 amide bonds. The minimum absolute atomic E-state index is 0.0753. The van der Waals surface area contributed by atoms with Crippen LogP contribution in [0.5, 0.6) is 5.75 Å². The number of anilines is 1. The van der Waals surface area contributed by atoms with E-state index in [0.717, 1.165) is 5.56 Å². The number of hydrogen-bond donors (Lipinski definition) is 3. The molecule has 0 saturated heterocycles. The molecule has 3 aromatic rings. The van der Waals surface area contributed by atoms with Crippen molar-refractivity contribution >= 4 is 37.4 Å². The lowest BCUT2D eigenvalue weighted by Crippen LogP contribution is -2.21. The summed E-state index contributed by atoms with van der Waals surface area (Å²) in [7, 11) is -2.38. The second-order valence-corrected chi connectivity index (χ2v) is 9.33. The molecule has 1 heterocycles. The number of nitrogens with zero attached hydrogens (tertiary/aromatic N) is 1. The summed E-state index contributed by atoms with van der Waals surface area (Å²) in [4.78, 5) is 16.3. The Bertz CT molecular complexity index is 1210. The van der Waals surface area contributed by atoms with Crippen molar-refractivity contribution < 1.29 is 23.2 Å². The molecule has 0 aliphatic carbocycles. The van der Waals surface area contributed by atoms with Gasteiger partial charge >= 0.3 is 0 Å². The fraction of sp³-hybridized carbons (Fsp3) is 0.143. The third kappa shape index (κ3) is 4.87. The monoisotopic (exact) mass is 505 g/mol. The summed E-state index contributed by atoms with van der Waals surface area (Å²) < 4.78 is 32.0. The average molecular weight is 506 g/mol. The van der Waals surface area contributed by atoms with Crippen LogP contribution in [-0.2, 0) is 16.4 Å². The van der Waals surface area contributed by atoms with E-state index in [4.69, 9.17) is 9.94 Å². The van der Waals surface area contributed by atoms with Crippen molar-refractivity contribution in [1.82, 2.24) is 10.5 Å². The second kappa shape index (κ2) is 9.46. The quantitative estimate of drug-likeness (QED) is 0.330. The van der Waals surface area contributed by atoms with Crippen molar-refractivity contribution in [3.63, 3.8) is 0 Å². The molecule has 0 radical (unpaired) electrons. The van der Waals surface area contributed by atoms with E-state index in [1.165, 1.54) is 25.4 Å². The smallest absolute Gasteiger partial charge is 0.276 e. The maximum Gasteiger partial charge on any atom is 0.276 e. The Morgan fingerprint density at radius 2 is 1.90 bits per heavy atom. The Hall–Kier alpha value is -2.95. The molecule has 0 saturated carbocycles. The molecule has 0 aliphatic heterocycles. The maximum atomic E-state index is 13.2. The van der Waals surface area contributed by atoms with Crippen LogP contribution in [0.25, 0.3) is 0 Å². The number of hydrogen-bond acceptors (Lipinski definition) is 7. The zero-order valence-electron chi connectivity index (χ0n) is 16.7. The minimum Gasteiger partial charge on any atom is -0.497 e. The predicted molar refractivity (Wildman–Crippen MR) is 118 cm³/mol. The summed E-state index contributed by atoms with van der Waals surface area (Å²) in [6, 6.07) is 12.7. The number of rotatable bonds is 7. The highest BCUT2D eigenvalue weighted by Crippen LogP contribution is 2.30. The number of carbonyl (C=O) groups excluding carboxylic acids is 1. The summed E-state index contributed by atoms with van der Waals surface area (Å²) in [5.74, 6) is -0.148. The molecule has 3 rings (SSSR count). The summed E-state index contributed by atoms with van der Waals surface area (Å²) in [6.45, 7) is 1.88. The first kappa shape index (κ1) is 22.7. The van der Waals surface area contributed by atoms with E-state index >= 15 is 0 Å². The number of amides is 1. The van der Waals surface area contributed by atoms with Crippen LogP contribution in [-0.4, -0.2) is 31.6 Å². The molecule has 0 aliphatic rings. The van der Waals surface area contributed by atoms with Gasteiger partial charge in [0, 0.05) is 22.8 Å². The third-order valence-corrected chi connectivity index (χ3v) is 6.91. The molecule has 2 aromatic carbocycles. The molecule has 162 valence electrons. The molecule has 0 unspecified atom stereocenters. The number of aryl methyl sites for hydroxylation is 1. The lowest BCUT2D eigenvalue weighted by molar-refractivity contribution is 0.0707. The Balaban J connectivity index is 1.96. The number of carbonyl (C=O) groups is 1. The van der Waals surface area contributed by atoms with Crippen LogP contribution in [0.1, 0.15) is 21.5 Å². The average Bonchev–Trinajstić information content (AvgIpc) is 2.77. The fourth-order valence-electron chi connectivity index (χ4n) is 3.01. The molecule has 1 aromatic heterocycles. The molecule has 0 fully saturated rings. The highest BCUT2D eigenvalue weighted by atomic mass is 79.9. The summed E-state index contributed by atoms with van der Waals surface area (Å²) in [5, 5.41) is 12.0. The number of halogens is 1. The number of methoxy groups -OCH3 is 1. The SMILES string of the molecule is COc1ccc(S(=O)(=O)c2ncccc2CNc2c(Br)cc(C)cc2C(=O)NO)cc1. The molecule has 3 N–H and O–H groups in total. The predicted octanol–water partition coefficient (Wildman–Crippen LogP) is 3.73. The van der Waals surface area contributed by atoms with Crippen LogP contribution in [0.15, 0.2) is 69.1 Å². The number of pyridine rings is 1. The number of ether oxygens (including phenoxy) is 1. The topological polar surface area (TPSA) is 118 Å². The van der Waals surface area contributed by atoms with E-state index in [1.807, 2.05) is 6.92 Å². The van der Waals surface area contributed by atoms with Crippen molar-refractivity contribution in [3.8, 4) is 5.75 Å². The lowest BCUT2D eigenvalue weighted by atomic mass is 10.1. The Labute approximate surface area is 188 Å². The molecular weight excluding hydrogens is 486 g/mol. The number of sulfone groups is 1. The zero-order valence-corrected chi connectivity index (χ0v) is 19.1. The molecule has 10 heteroatoms. The molecule has 8 nitrogen and oxygen atoms in total. The standard InChI is InChI=1S/C21H20BrN3O5S/c1-13-10-17(20(26)25-27)19(18(22)11-13)24-12-14-4-3-9-23-21(14)31(28,29)16-7-5-15(30-2)6-8-16/h3-11,24,27H,12H2,1-2H3,(H,25,26). The number of aromatic nitrogens is 1. The van der Waals surface area contributed by atoms with Gasteiger partial charge in [-0.2, -0.15) is 0 Å². The first-order chi connectivity index (χ1) is 14.8. The van der Waals surface area contributed by atoms with Gasteiger partial charge in [-0.3, -0.25) is 10.0 Å². The first-order valence-electron chi connectivity index (χ1n) is 9.09. The van der Waals surface area contributed by atoms with Crippen molar-refractivity contribution in [3.05, 3.63) is 75.9 Å². The Kier molecular flexibility index (Phi) is 6.94. The minimum atomic E-state index is -3.88. The van der Waals surface area contributed by atoms with Gasteiger partial charge in [-0.15, -0.1) is 0 Å². The van der Waals surface area contributed by atoms with Gasteiger partial charge in [-0.25, -0.2) is 18.9 Å². The van der Waals surface area contributed by atoms with Gasteiger partial charge in [0.05, 0.1) is 23.3 Å². The first-order valence-corrected chi connectivity index (χ1v) is 11.4. The van der Waals surface area contributed by atoms with Crippen LogP contribution in [0, 0.1) is 6.92 Å². The zero-order chi connectivity index (χ0) is 22.6. The van der Waals surface area contributed by atoms with Gasteiger partial charge in [0.25, 0.3) is 5.91 Å². The van der Waals surface area contributed by atoms with Gasteiger partial charge in [0.15, 0.2) is 5.03 Å². The Morgan fingerprint density at radius 3 is 2.55 bits per heavy atom. The second-order valence-electron chi connectivity index (χ2n) is 6.61. The molecule has 0 spiro atoms. The van der Waals surface area contributed by atoms with E-state index in [2.05, 4.69) is 26.2 Å².